The molecule has 6 rings (SSSR count). The molecule has 16 heteroatoms. The number of likely N-dealkylation sites (tertiary alicyclic amines) is 1. The van der Waals surface area contributed by atoms with Crippen molar-refractivity contribution in [2.24, 2.45) is 0 Å². The highest BCUT2D eigenvalue weighted by Gasteiger charge is 2.50. The fourth-order valence-corrected chi connectivity index (χ4v) is 8.56. The summed E-state index contributed by atoms with van der Waals surface area (Å²) < 4.78 is 39.8. The van der Waals surface area contributed by atoms with Crippen molar-refractivity contribution in [1.82, 2.24) is 19.2 Å². The smallest absolute Gasteiger partial charge is 0.409 e. The number of aliphatic carboxylic acids is 1. The van der Waals surface area contributed by atoms with Gasteiger partial charge < -0.3 is 19.5 Å². The van der Waals surface area contributed by atoms with Crippen LogP contribution >= 0.6 is 11.3 Å². The summed E-state index contributed by atoms with van der Waals surface area (Å²) in [5, 5.41) is 12.4. The van der Waals surface area contributed by atoms with Gasteiger partial charge in [0, 0.05) is 56.3 Å². The zero-order chi connectivity index (χ0) is 34.1. The Morgan fingerprint density at radius 1 is 1.06 bits per heavy atom. The summed E-state index contributed by atoms with van der Waals surface area (Å²) >= 11 is 1.19. The molecule has 2 aromatic heterocycles. The van der Waals surface area contributed by atoms with E-state index in [1.165, 1.54) is 35.9 Å². The minimum atomic E-state index is -4.12. The number of benzene rings is 2. The number of nitrogens with one attached hydrogen (secondary N) is 1. The van der Waals surface area contributed by atoms with Crippen LogP contribution in [0.2, 0.25) is 0 Å². The Bertz CT molecular complexity index is 1970. The lowest BCUT2D eigenvalue weighted by molar-refractivity contribution is -0.137. The van der Waals surface area contributed by atoms with E-state index in [0.29, 0.717) is 45.6 Å². The zero-order valence-electron chi connectivity index (χ0n) is 26.3. The number of hydrogen-bond donors (Lipinski definition) is 2. The number of carbonyl (C=O) groups excluding carboxylic acids is 2. The number of ether oxygens (including phenoxy) is 2. The second kappa shape index (κ2) is 13.4. The first kappa shape index (κ1) is 33.1. The number of hydrogen-bond acceptors (Lipinski definition) is 10. The van der Waals surface area contributed by atoms with Crippen molar-refractivity contribution in [2.75, 3.05) is 50.6 Å². The summed E-state index contributed by atoms with van der Waals surface area (Å²) in [5.74, 6) is -0.589. The number of rotatable bonds is 10. The summed E-state index contributed by atoms with van der Waals surface area (Å²) in [5.41, 5.74) is 1.72. The second-order valence-electron chi connectivity index (χ2n) is 11.6. The standard InChI is InChI=1S/C32H34N6O8S2/c1-45-26-13-11-24-28(34-26)47-29(33-24)35-30(41)38-20-32(14-16-36(19-32)31(42)46-2)23-17-22(10-12-25(23)38)48(43,44)37(15-6-9-27(39)40)18-21-7-4-3-5-8-21/h3-5,7-8,10-13,17H,6,9,14-16,18-20H2,1-2H3,(H,39,40)(H,33,35,41)/t32-/m0/s1. The Morgan fingerprint density at radius 2 is 1.85 bits per heavy atom. The van der Waals surface area contributed by atoms with Crippen LogP contribution in [0.1, 0.15) is 30.4 Å². The molecule has 0 unspecified atom stereocenters. The van der Waals surface area contributed by atoms with Crippen LogP contribution in [0, 0.1) is 0 Å². The highest BCUT2D eigenvalue weighted by atomic mass is 32.2. The Hall–Kier alpha value is -4.80. The minimum absolute atomic E-state index is 0.000691. The number of sulfonamides is 1. The molecule has 4 aromatic rings. The molecule has 1 spiro atoms. The molecule has 0 aliphatic carbocycles. The van der Waals surface area contributed by atoms with Gasteiger partial charge in [-0.1, -0.05) is 41.7 Å². The van der Waals surface area contributed by atoms with E-state index in [0.717, 1.165) is 5.56 Å². The zero-order valence-corrected chi connectivity index (χ0v) is 27.9. The molecule has 3 amide bonds. The molecule has 1 atom stereocenters. The lowest BCUT2D eigenvalue weighted by Crippen LogP contribution is -2.41. The second-order valence-corrected chi connectivity index (χ2v) is 14.6. The van der Waals surface area contributed by atoms with Crippen LogP contribution in [0.3, 0.4) is 0 Å². The first-order valence-electron chi connectivity index (χ1n) is 15.2. The Labute approximate surface area is 281 Å². The molecule has 48 heavy (non-hydrogen) atoms. The van der Waals surface area contributed by atoms with E-state index in [4.69, 9.17) is 9.47 Å². The first-order chi connectivity index (χ1) is 23.0. The fourth-order valence-electron chi connectivity index (χ4n) is 6.25. The van der Waals surface area contributed by atoms with Gasteiger partial charge in [-0.3, -0.25) is 15.0 Å². The number of pyridine rings is 1. The highest BCUT2D eigenvalue weighted by Crippen LogP contribution is 2.48. The van der Waals surface area contributed by atoms with Gasteiger partial charge in [-0.05, 0) is 48.2 Å². The average molecular weight is 695 g/mol. The molecular weight excluding hydrogens is 661 g/mol. The molecule has 2 aliphatic rings. The number of aromatic nitrogens is 2. The van der Waals surface area contributed by atoms with Crippen molar-refractivity contribution in [1.29, 1.82) is 0 Å². The summed E-state index contributed by atoms with van der Waals surface area (Å²) in [7, 11) is -1.30. The Morgan fingerprint density at radius 3 is 2.58 bits per heavy atom. The van der Waals surface area contributed by atoms with E-state index in [-0.39, 0.29) is 43.9 Å². The van der Waals surface area contributed by atoms with Gasteiger partial charge >= 0.3 is 18.1 Å². The minimum Gasteiger partial charge on any atom is -0.481 e. The fraction of sp³-hybridized carbons (Fsp3) is 0.344. The molecule has 252 valence electrons. The Balaban J connectivity index is 1.34. The molecule has 2 aliphatic heterocycles. The van der Waals surface area contributed by atoms with Crippen LogP contribution in [0.5, 0.6) is 5.88 Å². The van der Waals surface area contributed by atoms with Crippen LogP contribution in [-0.4, -0.2) is 91.2 Å². The number of methoxy groups -OCH3 is 2. The monoisotopic (exact) mass is 694 g/mol. The van der Waals surface area contributed by atoms with Gasteiger partial charge in [0.25, 0.3) is 0 Å². The van der Waals surface area contributed by atoms with Crippen molar-refractivity contribution >= 4 is 60.6 Å². The maximum atomic E-state index is 14.2. The predicted octanol–water partition coefficient (Wildman–Crippen LogP) is 4.52. The highest BCUT2D eigenvalue weighted by molar-refractivity contribution is 7.89. The van der Waals surface area contributed by atoms with Crippen LogP contribution < -0.4 is 15.0 Å². The summed E-state index contributed by atoms with van der Waals surface area (Å²) in [4.78, 5) is 50.1. The van der Waals surface area contributed by atoms with Crippen molar-refractivity contribution in [3.63, 3.8) is 0 Å². The molecular formula is C32H34N6O8S2. The van der Waals surface area contributed by atoms with E-state index in [1.54, 1.807) is 34.1 Å². The number of fused-ring (bicyclic) bond motifs is 3. The van der Waals surface area contributed by atoms with Crippen molar-refractivity contribution in [2.45, 2.75) is 36.1 Å². The van der Waals surface area contributed by atoms with Gasteiger partial charge in [0.15, 0.2) is 5.13 Å². The van der Waals surface area contributed by atoms with Gasteiger partial charge in [0.1, 0.15) is 10.3 Å². The molecule has 4 heterocycles. The lowest BCUT2D eigenvalue weighted by atomic mass is 9.81. The first-order valence-corrected chi connectivity index (χ1v) is 17.4. The van der Waals surface area contributed by atoms with E-state index >= 15 is 0 Å². The van der Waals surface area contributed by atoms with Crippen molar-refractivity contribution in [3.8, 4) is 5.88 Å². The number of anilines is 2. The van der Waals surface area contributed by atoms with Gasteiger partial charge in [-0.25, -0.2) is 28.0 Å². The van der Waals surface area contributed by atoms with E-state index in [1.807, 2.05) is 30.3 Å². The molecule has 2 N–H and O–H groups in total. The van der Waals surface area contributed by atoms with Crippen molar-refractivity contribution in [3.05, 3.63) is 71.8 Å². The van der Waals surface area contributed by atoms with Gasteiger partial charge in [0.05, 0.1) is 19.1 Å². The predicted molar refractivity (Wildman–Crippen MR) is 178 cm³/mol. The van der Waals surface area contributed by atoms with Crippen LogP contribution in [0.15, 0.2) is 65.6 Å². The van der Waals surface area contributed by atoms with E-state index in [9.17, 15) is 27.9 Å². The largest absolute Gasteiger partial charge is 0.481 e. The number of carboxylic acids is 1. The number of urea groups is 1. The number of carbonyl (C=O) groups is 3. The number of carboxylic acid groups (broad SMARTS) is 1. The summed E-state index contributed by atoms with van der Waals surface area (Å²) in [6.45, 7) is 0.822. The molecule has 0 radical (unpaired) electrons. The van der Waals surface area contributed by atoms with Crippen LogP contribution in [0.4, 0.5) is 20.4 Å². The number of thiazole rings is 1. The topological polar surface area (TPSA) is 172 Å². The molecule has 1 fully saturated rings. The lowest BCUT2D eigenvalue weighted by Gasteiger charge is -2.26. The maximum absolute atomic E-state index is 14.2. The van der Waals surface area contributed by atoms with Gasteiger partial charge in [-0.15, -0.1) is 0 Å². The average Bonchev–Trinajstić information content (AvgIpc) is 3.79. The SMILES string of the molecule is COC(=O)N1CC[C@]2(C1)CN(C(=O)Nc1nc3ccc(OC)nc3s1)c1ccc(S(=O)(=O)N(CCCC(=O)O)Cc3ccccc3)cc12. The quantitative estimate of drug-likeness (QED) is 0.241. The number of amides is 3. The van der Waals surface area contributed by atoms with E-state index in [2.05, 4.69) is 15.3 Å². The third-order valence-electron chi connectivity index (χ3n) is 8.61. The third-order valence-corrected chi connectivity index (χ3v) is 11.3. The number of nitrogens with zero attached hydrogens (tertiary/aromatic N) is 5. The Kier molecular flexibility index (Phi) is 9.22. The van der Waals surface area contributed by atoms with Crippen molar-refractivity contribution < 1.29 is 37.4 Å². The molecule has 14 nitrogen and oxygen atoms in total. The third kappa shape index (κ3) is 6.50. The van der Waals surface area contributed by atoms with Crippen LogP contribution in [-0.2, 0) is 31.5 Å². The van der Waals surface area contributed by atoms with Gasteiger partial charge in [0.2, 0.25) is 15.9 Å². The summed E-state index contributed by atoms with van der Waals surface area (Å²) in [6.07, 6.45) is -0.0869. The molecule has 0 bridgehead atoms. The molecule has 1 saturated heterocycles. The molecule has 2 aromatic carbocycles. The summed E-state index contributed by atoms with van der Waals surface area (Å²) in [6, 6.07) is 16.7. The normalized spacial score (nSPS) is 17.2. The van der Waals surface area contributed by atoms with Gasteiger partial charge in [-0.2, -0.15) is 4.31 Å². The van der Waals surface area contributed by atoms with E-state index < -0.39 is 33.5 Å². The van der Waals surface area contributed by atoms with Crippen LogP contribution in [0.25, 0.3) is 10.3 Å². The molecule has 0 saturated carbocycles. The maximum Gasteiger partial charge on any atom is 0.409 e.